The molecule has 0 unspecified atom stereocenters. The van der Waals surface area contributed by atoms with Gasteiger partial charge in [0.15, 0.2) is 0 Å². The molecule has 0 amide bonds. The highest BCUT2D eigenvalue weighted by Gasteiger charge is 2.03. The van der Waals surface area contributed by atoms with E-state index in [0.29, 0.717) is 0 Å². The van der Waals surface area contributed by atoms with Crippen LogP contribution in [0.15, 0.2) is 66.9 Å². The maximum Gasteiger partial charge on any atom is 0.0702 e. The molecule has 0 aliphatic rings. The number of unbranched alkanes of at least 4 members (excludes halogenated alkanes) is 8. The lowest BCUT2D eigenvalue weighted by Crippen LogP contribution is -1.93. The first-order chi connectivity index (χ1) is 16.8. The number of hydrogen-bond donors (Lipinski definition) is 0. The second kappa shape index (κ2) is 15.5. The van der Waals surface area contributed by atoms with Crippen LogP contribution in [0.4, 0.5) is 0 Å². The van der Waals surface area contributed by atoms with E-state index in [2.05, 4.69) is 80.7 Å². The highest BCUT2D eigenvalue weighted by atomic mass is 14.7. The van der Waals surface area contributed by atoms with E-state index in [1.807, 2.05) is 0 Å². The minimum absolute atomic E-state index is 1.08. The summed E-state index contributed by atoms with van der Waals surface area (Å²) < 4.78 is 0. The summed E-state index contributed by atoms with van der Waals surface area (Å²) in [6, 6.07) is 22.7. The number of nitrogens with zero attached hydrogens (tertiary/aromatic N) is 1. The SMILES string of the molecule is CCCCCCCCc1ccc(-c2ccc(CCc3ccc(CCCCCC)cc3)cc2)nc1. The van der Waals surface area contributed by atoms with E-state index >= 15 is 0 Å². The van der Waals surface area contributed by atoms with Crippen molar-refractivity contribution in [2.24, 2.45) is 0 Å². The molecule has 0 fully saturated rings. The van der Waals surface area contributed by atoms with Crippen molar-refractivity contribution in [2.75, 3.05) is 0 Å². The van der Waals surface area contributed by atoms with E-state index in [9.17, 15) is 0 Å². The Hall–Kier alpha value is -2.41. The lowest BCUT2D eigenvalue weighted by Gasteiger charge is -2.07. The monoisotopic (exact) mass is 455 g/mol. The molecule has 0 spiro atoms. The molecule has 0 saturated carbocycles. The summed E-state index contributed by atoms with van der Waals surface area (Å²) in [4.78, 5) is 4.74. The van der Waals surface area contributed by atoms with E-state index in [-0.39, 0.29) is 0 Å². The zero-order chi connectivity index (χ0) is 23.8. The quantitative estimate of drug-likeness (QED) is 0.196. The first-order valence-electron chi connectivity index (χ1n) is 13.9. The Labute approximate surface area is 209 Å². The molecule has 1 nitrogen and oxygen atoms in total. The molecule has 182 valence electrons. The van der Waals surface area contributed by atoms with Crippen molar-refractivity contribution in [1.82, 2.24) is 4.98 Å². The van der Waals surface area contributed by atoms with Crippen molar-refractivity contribution in [1.29, 1.82) is 0 Å². The molecule has 0 saturated heterocycles. The van der Waals surface area contributed by atoms with E-state index in [0.717, 1.165) is 25.0 Å². The number of pyridine rings is 1. The Morgan fingerprint density at radius 3 is 1.44 bits per heavy atom. The molecule has 0 N–H and O–H groups in total. The molecule has 34 heavy (non-hydrogen) atoms. The molecule has 0 atom stereocenters. The predicted octanol–water partition coefficient (Wildman–Crippen LogP) is 9.56. The Balaban J connectivity index is 1.41. The fraction of sp³-hybridized carbons (Fsp3) is 0.485. The summed E-state index contributed by atoms with van der Waals surface area (Å²) >= 11 is 0. The lowest BCUT2D eigenvalue weighted by atomic mass is 10.00. The van der Waals surface area contributed by atoms with Crippen LogP contribution in [-0.4, -0.2) is 4.98 Å². The van der Waals surface area contributed by atoms with Crippen LogP contribution in [0, 0.1) is 0 Å². The third-order valence-corrected chi connectivity index (χ3v) is 6.94. The average molecular weight is 456 g/mol. The Morgan fingerprint density at radius 2 is 0.882 bits per heavy atom. The van der Waals surface area contributed by atoms with Gasteiger partial charge in [0, 0.05) is 11.8 Å². The molecule has 1 heteroatoms. The van der Waals surface area contributed by atoms with Gasteiger partial charge in [-0.2, -0.15) is 0 Å². The standard InChI is InChI=1S/C33H45N/c1-3-5-7-9-10-12-14-31-23-26-33(34-27-31)32-24-21-30(22-25-32)20-19-29-17-15-28(16-18-29)13-11-8-6-4-2/h15-18,21-27H,3-14,19-20H2,1-2H3. The molecule has 0 radical (unpaired) electrons. The number of benzene rings is 2. The fourth-order valence-electron chi connectivity index (χ4n) is 4.61. The summed E-state index contributed by atoms with van der Waals surface area (Å²) in [7, 11) is 0. The predicted molar refractivity (Wildman–Crippen MR) is 148 cm³/mol. The van der Waals surface area contributed by atoms with Crippen LogP contribution in [0.25, 0.3) is 11.3 Å². The van der Waals surface area contributed by atoms with Gasteiger partial charge in [0.1, 0.15) is 0 Å². The van der Waals surface area contributed by atoms with E-state index in [1.54, 1.807) is 0 Å². The maximum atomic E-state index is 4.74. The summed E-state index contributed by atoms with van der Waals surface area (Å²) in [6.07, 6.45) is 20.0. The Kier molecular flexibility index (Phi) is 11.9. The van der Waals surface area contributed by atoms with E-state index in [4.69, 9.17) is 4.98 Å². The average Bonchev–Trinajstić information content (AvgIpc) is 2.89. The molecule has 2 aromatic carbocycles. The van der Waals surface area contributed by atoms with Gasteiger partial charge in [-0.05, 0) is 66.8 Å². The number of rotatable bonds is 16. The molecular formula is C33H45N. The second-order valence-corrected chi connectivity index (χ2v) is 9.89. The van der Waals surface area contributed by atoms with Gasteiger partial charge in [-0.15, -0.1) is 0 Å². The Bertz CT molecular complexity index is 906. The number of aromatic nitrogens is 1. The normalized spacial score (nSPS) is 11.1. The topological polar surface area (TPSA) is 12.9 Å². The first-order valence-corrected chi connectivity index (χ1v) is 13.9. The maximum absolute atomic E-state index is 4.74. The Morgan fingerprint density at radius 1 is 0.441 bits per heavy atom. The third-order valence-electron chi connectivity index (χ3n) is 6.94. The van der Waals surface area contributed by atoms with Crippen LogP contribution < -0.4 is 0 Å². The van der Waals surface area contributed by atoms with Gasteiger partial charge >= 0.3 is 0 Å². The minimum atomic E-state index is 1.08. The van der Waals surface area contributed by atoms with Crippen molar-refractivity contribution < 1.29 is 0 Å². The molecule has 3 rings (SSSR count). The zero-order valence-corrected chi connectivity index (χ0v) is 21.7. The van der Waals surface area contributed by atoms with Gasteiger partial charge in [0.2, 0.25) is 0 Å². The zero-order valence-electron chi connectivity index (χ0n) is 21.7. The van der Waals surface area contributed by atoms with Gasteiger partial charge in [-0.25, -0.2) is 0 Å². The van der Waals surface area contributed by atoms with Crippen molar-refractivity contribution in [3.63, 3.8) is 0 Å². The number of aryl methyl sites for hydroxylation is 4. The largest absolute Gasteiger partial charge is 0.256 e. The summed E-state index contributed by atoms with van der Waals surface area (Å²) in [5.74, 6) is 0. The highest BCUT2D eigenvalue weighted by Crippen LogP contribution is 2.20. The smallest absolute Gasteiger partial charge is 0.0702 e. The first kappa shape index (κ1) is 26.2. The molecule has 0 bridgehead atoms. The van der Waals surface area contributed by atoms with Gasteiger partial charge in [-0.1, -0.05) is 120 Å². The number of hydrogen-bond acceptors (Lipinski definition) is 1. The molecule has 1 aromatic heterocycles. The third kappa shape index (κ3) is 9.45. The van der Waals surface area contributed by atoms with Crippen LogP contribution in [0.3, 0.4) is 0 Å². The summed E-state index contributed by atoms with van der Waals surface area (Å²) in [5.41, 5.74) is 7.96. The van der Waals surface area contributed by atoms with Crippen molar-refractivity contribution in [3.05, 3.63) is 89.1 Å². The van der Waals surface area contributed by atoms with Crippen molar-refractivity contribution in [2.45, 2.75) is 104 Å². The molecule has 0 aliphatic carbocycles. The van der Waals surface area contributed by atoms with Crippen molar-refractivity contribution >= 4 is 0 Å². The summed E-state index contributed by atoms with van der Waals surface area (Å²) in [6.45, 7) is 4.55. The second-order valence-electron chi connectivity index (χ2n) is 9.89. The fourth-order valence-corrected chi connectivity index (χ4v) is 4.61. The summed E-state index contributed by atoms with van der Waals surface area (Å²) in [5, 5.41) is 0. The molecule has 1 heterocycles. The van der Waals surface area contributed by atoms with Gasteiger partial charge in [0.05, 0.1) is 5.69 Å². The molecule has 3 aromatic rings. The van der Waals surface area contributed by atoms with Gasteiger partial charge in [-0.3, -0.25) is 4.98 Å². The highest BCUT2D eigenvalue weighted by molar-refractivity contribution is 5.59. The van der Waals surface area contributed by atoms with Crippen LogP contribution >= 0.6 is 0 Å². The van der Waals surface area contributed by atoms with Crippen LogP contribution in [-0.2, 0) is 25.7 Å². The van der Waals surface area contributed by atoms with E-state index in [1.165, 1.54) is 98.4 Å². The molecular weight excluding hydrogens is 410 g/mol. The van der Waals surface area contributed by atoms with Crippen LogP contribution in [0.1, 0.15) is 100 Å². The van der Waals surface area contributed by atoms with E-state index < -0.39 is 0 Å². The van der Waals surface area contributed by atoms with Crippen molar-refractivity contribution in [3.8, 4) is 11.3 Å². The van der Waals surface area contributed by atoms with Crippen LogP contribution in [0.5, 0.6) is 0 Å². The molecule has 0 aliphatic heterocycles. The lowest BCUT2D eigenvalue weighted by molar-refractivity contribution is 0.607. The minimum Gasteiger partial charge on any atom is -0.256 e. The van der Waals surface area contributed by atoms with Gasteiger partial charge < -0.3 is 0 Å². The van der Waals surface area contributed by atoms with Gasteiger partial charge in [0.25, 0.3) is 0 Å². The van der Waals surface area contributed by atoms with Crippen LogP contribution in [0.2, 0.25) is 0 Å².